The van der Waals surface area contributed by atoms with Crippen LogP contribution in [0.3, 0.4) is 0 Å². The number of aliphatic hydroxyl groups is 1. The van der Waals surface area contributed by atoms with Crippen LogP contribution in [0.15, 0.2) is 0 Å². The van der Waals surface area contributed by atoms with Crippen LogP contribution in [0, 0.1) is 0 Å². The summed E-state index contributed by atoms with van der Waals surface area (Å²) in [5.41, 5.74) is 0. The van der Waals surface area contributed by atoms with E-state index in [1.54, 1.807) is 7.11 Å². The van der Waals surface area contributed by atoms with E-state index >= 15 is 0 Å². The molecule has 3 heteroatoms. The van der Waals surface area contributed by atoms with Crippen LogP contribution in [-0.4, -0.2) is 48.5 Å². The lowest BCUT2D eigenvalue weighted by Crippen LogP contribution is -2.50. The van der Waals surface area contributed by atoms with E-state index in [0.29, 0.717) is 6.04 Å². The Morgan fingerprint density at radius 2 is 1.86 bits per heavy atom. The summed E-state index contributed by atoms with van der Waals surface area (Å²) >= 11 is 0. The van der Waals surface area contributed by atoms with E-state index in [2.05, 4.69) is 4.90 Å². The molecule has 0 radical (unpaired) electrons. The number of aliphatic hydroxyl groups excluding tert-OH is 1. The summed E-state index contributed by atoms with van der Waals surface area (Å²) in [5, 5.41) is 10.1. The van der Waals surface area contributed by atoms with Gasteiger partial charge in [-0.15, -0.1) is 0 Å². The third kappa shape index (κ3) is 1.95. The highest BCUT2D eigenvalue weighted by atomic mass is 16.5. The SMILES string of the molecule is COC1CCCC(N2CCCC2)C1O. The predicted octanol–water partition coefficient (Wildman–Crippen LogP) is 1.01. The molecule has 0 aromatic carbocycles. The van der Waals surface area contributed by atoms with E-state index in [1.807, 2.05) is 0 Å². The summed E-state index contributed by atoms with van der Waals surface area (Å²) in [6, 6.07) is 0.358. The number of nitrogens with zero attached hydrogens (tertiary/aromatic N) is 1. The van der Waals surface area contributed by atoms with Crippen LogP contribution in [-0.2, 0) is 4.74 Å². The Morgan fingerprint density at radius 3 is 2.50 bits per heavy atom. The van der Waals surface area contributed by atoms with Crippen molar-refractivity contribution < 1.29 is 9.84 Å². The van der Waals surface area contributed by atoms with Gasteiger partial charge in [-0.05, 0) is 45.2 Å². The minimum absolute atomic E-state index is 0.0642. The van der Waals surface area contributed by atoms with E-state index in [4.69, 9.17) is 4.74 Å². The Hall–Kier alpha value is -0.120. The maximum Gasteiger partial charge on any atom is 0.0956 e. The van der Waals surface area contributed by atoms with Crippen molar-refractivity contribution in [3.05, 3.63) is 0 Å². The molecular weight excluding hydrogens is 178 g/mol. The highest BCUT2D eigenvalue weighted by Gasteiger charge is 2.36. The Labute approximate surface area is 86.0 Å². The van der Waals surface area contributed by atoms with Gasteiger partial charge in [0.15, 0.2) is 0 Å². The molecule has 82 valence electrons. The van der Waals surface area contributed by atoms with Crippen molar-refractivity contribution in [2.75, 3.05) is 20.2 Å². The van der Waals surface area contributed by atoms with Gasteiger partial charge in [0.2, 0.25) is 0 Å². The van der Waals surface area contributed by atoms with Gasteiger partial charge in [-0.1, -0.05) is 0 Å². The van der Waals surface area contributed by atoms with Gasteiger partial charge >= 0.3 is 0 Å². The van der Waals surface area contributed by atoms with E-state index in [0.717, 1.165) is 25.9 Å². The highest BCUT2D eigenvalue weighted by molar-refractivity contribution is 4.90. The third-order valence-corrected chi connectivity index (χ3v) is 3.68. The molecule has 3 atom stereocenters. The molecule has 0 spiro atoms. The first kappa shape index (κ1) is 10.4. The zero-order valence-corrected chi connectivity index (χ0v) is 8.98. The van der Waals surface area contributed by atoms with Crippen LogP contribution in [0.5, 0.6) is 0 Å². The van der Waals surface area contributed by atoms with Crippen molar-refractivity contribution in [3.8, 4) is 0 Å². The zero-order valence-electron chi connectivity index (χ0n) is 8.98. The van der Waals surface area contributed by atoms with Crippen LogP contribution in [0.4, 0.5) is 0 Å². The van der Waals surface area contributed by atoms with E-state index in [9.17, 15) is 5.11 Å². The molecule has 2 rings (SSSR count). The Morgan fingerprint density at radius 1 is 1.14 bits per heavy atom. The lowest BCUT2D eigenvalue weighted by molar-refractivity contribution is -0.0776. The van der Waals surface area contributed by atoms with Crippen LogP contribution in [0.1, 0.15) is 32.1 Å². The normalized spacial score (nSPS) is 40.3. The van der Waals surface area contributed by atoms with Crippen LogP contribution < -0.4 is 0 Å². The van der Waals surface area contributed by atoms with Crippen molar-refractivity contribution in [3.63, 3.8) is 0 Å². The summed E-state index contributed by atoms with van der Waals surface area (Å²) in [4.78, 5) is 2.44. The molecule has 1 aliphatic heterocycles. The Kier molecular flexibility index (Phi) is 3.42. The smallest absolute Gasteiger partial charge is 0.0956 e. The molecule has 0 aromatic rings. The first-order chi connectivity index (χ1) is 6.83. The van der Waals surface area contributed by atoms with Crippen LogP contribution in [0.25, 0.3) is 0 Å². The van der Waals surface area contributed by atoms with Gasteiger partial charge in [0, 0.05) is 13.2 Å². The molecule has 0 bridgehead atoms. The molecule has 2 fully saturated rings. The summed E-state index contributed by atoms with van der Waals surface area (Å²) in [5.74, 6) is 0. The quantitative estimate of drug-likeness (QED) is 0.720. The molecular formula is C11H21NO2. The molecule has 14 heavy (non-hydrogen) atoms. The fourth-order valence-electron chi connectivity index (χ4n) is 2.85. The summed E-state index contributed by atoms with van der Waals surface area (Å²) in [6.07, 6.45) is 5.72. The van der Waals surface area contributed by atoms with Gasteiger partial charge < -0.3 is 9.84 Å². The van der Waals surface area contributed by atoms with Gasteiger partial charge in [-0.2, -0.15) is 0 Å². The van der Waals surface area contributed by atoms with Gasteiger partial charge in [0.05, 0.1) is 12.2 Å². The molecule has 1 N–H and O–H groups in total. The summed E-state index contributed by atoms with van der Waals surface area (Å²) in [7, 11) is 1.71. The fourth-order valence-corrected chi connectivity index (χ4v) is 2.85. The topological polar surface area (TPSA) is 32.7 Å². The number of ether oxygens (including phenoxy) is 1. The lowest BCUT2D eigenvalue weighted by Gasteiger charge is -2.39. The average Bonchev–Trinajstić information content (AvgIpc) is 2.71. The van der Waals surface area contributed by atoms with Crippen LogP contribution >= 0.6 is 0 Å². The van der Waals surface area contributed by atoms with Gasteiger partial charge in [-0.3, -0.25) is 4.90 Å². The molecule has 1 heterocycles. The minimum atomic E-state index is -0.271. The second-order valence-electron chi connectivity index (χ2n) is 4.51. The molecule has 0 aromatic heterocycles. The molecule has 1 aliphatic carbocycles. The zero-order chi connectivity index (χ0) is 9.97. The van der Waals surface area contributed by atoms with E-state index < -0.39 is 0 Å². The maximum atomic E-state index is 10.1. The van der Waals surface area contributed by atoms with Crippen molar-refractivity contribution in [2.24, 2.45) is 0 Å². The second kappa shape index (κ2) is 4.60. The van der Waals surface area contributed by atoms with Crippen molar-refractivity contribution >= 4 is 0 Å². The van der Waals surface area contributed by atoms with E-state index in [1.165, 1.54) is 19.3 Å². The fraction of sp³-hybridized carbons (Fsp3) is 1.00. The molecule has 3 unspecified atom stereocenters. The summed E-state index contributed by atoms with van der Waals surface area (Å²) < 4.78 is 5.32. The number of hydrogen-bond donors (Lipinski definition) is 1. The first-order valence-corrected chi connectivity index (χ1v) is 5.78. The maximum absolute atomic E-state index is 10.1. The molecule has 1 saturated heterocycles. The number of methoxy groups -OCH3 is 1. The Balaban J connectivity index is 1.95. The summed E-state index contributed by atoms with van der Waals surface area (Å²) in [6.45, 7) is 2.33. The van der Waals surface area contributed by atoms with E-state index in [-0.39, 0.29) is 12.2 Å². The molecule has 1 saturated carbocycles. The van der Waals surface area contributed by atoms with Crippen LogP contribution in [0.2, 0.25) is 0 Å². The first-order valence-electron chi connectivity index (χ1n) is 5.78. The largest absolute Gasteiger partial charge is 0.389 e. The minimum Gasteiger partial charge on any atom is -0.389 e. The molecule has 2 aliphatic rings. The number of rotatable bonds is 2. The van der Waals surface area contributed by atoms with Crippen molar-refractivity contribution in [1.82, 2.24) is 4.90 Å². The number of likely N-dealkylation sites (tertiary alicyclic amines) is 1. The molecule has 3 nitrogen and oxygen atoms in total. The Bertz CT molecular complexity index is 180. The average molecular weight is 199 g/mol. The third-order valence-electron chi connectivity index (χ3n) is 3.68. The van der Waals surface area contributed by atoms with Gasteiger partial charge in [0.25, 0.3) is 0 Å². The van der Waals surface area contributed by atoms with Crippen molar-refractivity contribution in [2.45, 2.75) is 50.4 Å². The van der Waals surface area contributed by atoms with Gasteiger partial charge in [-0.25, -0.2) is 0 Å². The van der Waals surface area contributed by atoms with Gasteiger partial charge in [0.1, 0.15) is 0 Å². The molecule has 0 amide bonds. The monoisotopic (exact) mass is 199 g/mol. The predicted molar refractivity (Wildman–Crippen MR) is 55.2 cm³/mol. The second-order valence-corrected chi connectivity index (χ2v) is 4.51. The number of hydrogen-bond acceptors (Lipinski definition) is 3. The lowest BCUT2D eigenvalue weighted by atomic mass is 9.89. The van der Waals surface area contributed by atoms with Crippen molar-refractivity contribution in [1.29, 1.82) is 0 Å². The highest BCUT2D eigenvalue weighted by Crippen LogP contribution is 2.27. The standard InChI is InChI=1S/C11H21NO2/c1-14-10-6-4-5-9(11(10)13)12-7-2-3-8-12/h9-11,13H,2-8H2,1H3.